The third kappa shape index (κ3) is 2.98. The first-order valence-electron chi connectivity index (χ1n) is 5.15. The van der Waals surface area contributed by atoms with Gasteiger partial charge < -0.3 is 10.4 Å². The van der Waals surface area contributed by atoms with Crippen molar-refractivity contribution in [3.05, 3.63) is 30.3 Å². The minimum atomic E-state index is -0.919. The van der Waals surface area contributed by atoms with E-state index in [-0.39, 0.29) is 12.1 Å². The van der Waals surface area contributed by atoms with E-state index >= 15 is 0 Å². The summed E-state index contributed by atoms with van der Waals surface area (Å²) in [5.41, 5.74) is 0. The third-order valence-corrected chi connectivity index (χ3v) is 3.44. The van der Waals surface area contributed by atoms with E-state index in [0.29, 0.717) is 6.54 Å². The molecule has 0 radical (unpaired) electrons. The maximum Gasteiger partial charge on any atom is 0.251 e. The Kier molecular flexibility index (Phi) is 3.82. The zero-order chi connectivity index (χ0) is 11.4. The molecule has 2 unspecified atom stereocenters. The van der Waals surface area contributed by atoms with Crippen LogP contribution in [0.1, 0.15) is 0 Å². The average molecular weight is 238 g/mol. The number of β-amino-alcohol motifs (C(OH)–C–C–N with tert-alkyl or cyclic N) is 1. The van der Waals surface area contributed by atoms with Crippen molar-refractivity contribution in [1.29, 1.82) is 0 Å². The van der Waals surface area contributed by atoms with Crippen LogP contribution in [-0.4, -0.2) is 35.6 Å². The van der Waals surface area contributed by atoms with E-state index in [1.807, 2.05) is 30.3 Å². The fourth-order valence-corrected chi connectivity index (χ4v) is 2.37. The molecule has 4 nitrogen and oxygen atoms in total. The van der Waals surface area contributed by atoms with Crippen LogP contribution in [0.5, 0.6) is 0 Å². The van der Waals surface area contributed by atoms with Crippen LogP contribution in [0.3, 0.4) is 0 Å². The topological polar surface area (TPSA) is 61.4 Å². The Balaban J connectivity index is 1.81. The molecule has 0 spiro atoms. The highest BCUT2D eigenvalue weighted by atomic mass is 32.2. The number of hydrogen-bond acceptors (Lipinski definition) is 4. The van der Waals surface area contributed by atoms with Gasteiger partial charge in [-0.1, -0.05) is 18.2 Å². The lowest BCUT2D eigenvalue weighted by Crippen LogP contribution is -2.59. The fraction of sp³-hybridized carbons (Fsp3) is 0.364. The number of carbonyl (C=O) groups excluding carboxylic acids is 1. The minimum absolute atomic E-state index is 0.0684. The van der Waals surface area contributed by atoms with Gasteiger partial charge in [-0.2, -0.15) is 0 Å². The summed E-state index contributed by atoms with van der Waals surface area (Å²) in [7, 11) is 0. The van der Waals surface area contributed by atoms with Gasteiger partial charge in [0.1, 0.15) is 6.10 Å². The number of amides is 1. The first-order chi connectivity index (χ1) is 7.75. The van der Waals surface area contributed by atoms with E-state index in [0.717, 1.165) is 5.75 Å². The summed E-state index contributed by atoms with van der Waals surface area (Å²) in [6.07, 6.45) is -0.987. The third-order valence-electron chi connectivity index (χ3n) is 2.34. The van der Waals surface area contributed by atoms with E-state index < -0.39 is 6.10 Å². The van der Waals surface area contributed by atoms with E-state index in [4.69, 9.17) is 0 Å². The number of thioether (sulfide) groups is 1. The molecule has 5 heteroatoms. The van der Waals surface area contributed by atoms with Gasteiger partial charge in [-0.25, -0.2) is 0 Å². The van der Waals surface area contributed by atoms with Crippen LogP contribution in [0.25, 0.3) is 0 Å². The fourth-order valence-electron chi connectivity index (χ4n) is 1.46. The SMILES string of the molecule is O=C1NC(CSc2ccccc2)NCC1O. The Labute approximate surface area is 98.4 Å². The lowest BCUT2D eigenvalue weighted by atomic mass is 10.2. The predicted octanol–water partition coefficient (Wildman–Crippen LogP) is 0.185. The van der Waals surface area contributed by atoms with Gasteiger partial charge in [-0.15, -0.1) is 11.8 Å². The van der Waals surface area contributed by atoms with Crippen molar-refractivity contribution in [2.75, 3.05) is 12.3 Å². The second-order valence-electron chi connectivity index (χ2n) is 3.61. The lowest BCUT2D eigenvalue weighted by molar-refractivity contribution is -0.132. The van der Waals surface area contributed by atoms with Crippen LogP contribution < -0.4 is 10.6 Å². The zero-order valence-electron chi connectivity index (χ0n) is 8.72. The van der Waals surface area contributed by atoms with Crippen LogP contribution >= 0.6 is 11.8 Å². The number of hydrogen-bond donors (Lipinski definition) is 3. The Morgan fingerprint density at radius 1 is 1.38 bits per heavy atom. The predicted molar refractivity (Wildman–Crippen MR) is 63.1 cm³/mol. The molecule has 1 aromatic rings. The first kappa shape index (κ1) is 11.4. The number of aliphatic hydroxyl groups excluding tert-OH is 1. The molecule has 0 bridgehead atoms. The van der Waals surface area contributed by atoms with Crippen molar-refractivity contribution in [3.63, 3.8) is 0 Å². The van der Waals surface area contributed by atoms with Gasteiger partial charge in [0.05, 0.1) is 6.17 Å². The zero-order valence-corrected chi connectivity index (χ0v) is 9.54. The van der Waals surface area contributed by atoms with Crippen LogP contribution in [0.15, 0.2) is 35.2 Å². The smallest absolute Gasteiger partial charge is 0.251 e. The summed E-state index contributed by atoms with van der Waals surface area (Å²) in [4.78, 5) is 12.4. The normalized spacial score (nSPS) is 25.2. The Morgan fingerprint density at radius 3 is 2.81 bits per heavy atom. The van der Waals surface area contributed by atoms with Crippen molar-refractivity contribution in [1.82, 2.24) is 10.6 Å². The quantitative estimate of drug-likeness (QED) is 0.658. The maximum atomic E-state index is 11.2. The van der Waals surface area contributed by atoms with E-state index in [1.54, 1.807) is 11.8 Å². The standard InChI is InChI=1S/C11H14N2O2S/c14-9-6-12-10(13-11(9)15)7-16-8-4-2-1-3-5-8/h1-5,9-10,12,14H,6-7H2,(H,13,15). The molecule has 16 heavy (non-hydrogen) atoms. The molecule has 0 aromatic heterocycles. The van der Waals surface area contributed by atoms with Gasteiger partial charge in [0, 0.05) is 17.2 Å². The van der Waals surface area contributed by atoms with E-state index in [1.165, 1.54) is 4.90 Å². The molecular formula is C11H14N2O2S. The Morgan fingerprint density at radius 2 is 2.12 bits per heavy atom. The Bertz CT molecular complexity index is 358. The summed E-state index contributed by atoms with van der Waals surface area (Å²) >= 11 is 1.67. The summed E-state index contributed by atoms with van der Waals surface area (Å²) in [6, 6.07) is 10.0. The van der Waals surface area contributed by atoms with E-state index in [9.17, 15) is 9.90 Å². The van der Waals surface area contributed by atoms with Crippen molar-refractivity contribution in [3.8, 4) is 0 Å². The second-order valence-corrected chi connectivity index (χ2v) is 4.70. The monoisotopic (exact) mass is 238 g/mol. The van der Waals surface area contributed by atoms with Crippen LogP contribution in [-0.2, 0) is 4.79 Å². The number of carbonyl (C=O) groups is 1. The molecule has 1 aromatic carbocycles. The average Bonchev–Trinajstić information content (AvgIpc) is 2.32. The number of benzene rings is 1. The number of rotatable bonds is 3. The highest BCUT2D eigenvalue weighted by Crippen LogP contribution is 2.17. The summed E-state index contributed by atoms with van der Waals surface area (Å²) < 4.78 is 0. The Hall–Kier alpha value is -1.04. The molecule has 1 heterocycles. The van der Waals surface area contributed by atoms with Gasteiger partial charge in [-0.3, -0.25) is 10.1 Å². The van der Waals surface area contributed by atoms with Crippen LogP contribution in [0.4, 0.5) is 0 Å². The van der Waals surface area contributed by atoms with Crippen LogP contribution in [0.2, 0.25) is 0 Å². The number of nitrogens with one attached hydrogen (secondary N) is 2. The van der Waals surface area contributed by atoms with Crippen molar-refractivity contribution < 1.29 is 9.90 Å². The van der Waals surface area contributed by atoms with Crippen molar-refractivity contribution >= 4 is 17.7 Å². The molecule has 1 fully saturated rings. The molecule has 2 rings (SSSR count). The second kappa shape index (κ2) is 5.34. The summed E-state index contributed by atoms with van der Waals surface area (Å²) in [5.74, 6) is 0.458. The maximum absolute atomic E-state index is 11.2. The van der Waals surface area contributed by atoms with Gasteiger partial charge in [-0.05, 0) is 12.1 Å². The van der Waals surface area contributed by atoms with Crippen molar-refractivity contribution in [2.24, 2.45) is 0 Å². The highest BCUT2D eigenvalue weighted by Gasteiger charge is 2.24. The lowest BCUT2D eigenvalue weighted by Gasteiger charge is -2.27. The summed E-state index contributed by atoms with van der Waals surface area (Å²) in [5, 5.41) is 15.0. The highest BCUT2D eigenvalue weighted by molar-refractivity contribution is 7.99. The van der Waals surface area contributed by atoms with Gasteiger partial charge in [0.25, 0.3) is 5.91 Å². The summed E-state index contributed by atoms with van der Waals surface area (Å²) in [6.45, 7) is 0.325. The van der Waals surface area contributed by atoms with Gasteiger partial charge in [0.15, 0.2) is 0 Å². The first-order valence-corrected chi connectivity index (χ1v) is 6.14. The molecule has 86 valence electrons. The molecule has 1 saturated heterocycles. The van der Waals surface area contributed by atoms with Gasteiger partial charge in [0.2, 0.25) is 0 Å². The number of aliphatic hydroxyl groups is 1. The van der Waals surface area contributed by atoms with E-state index in [2.05, 4.69) is 10.6 Å². The van der Waals surface area contributed by atoms with Gasteiger partial charge >= 0.3 is 0 Å². The molecule has 0 aliphatic carbocycles. The molecule has 2 atom stereocenters. The molecule has 1 aliphatic rings. The molecule has 1 amide bonds. The molecule has 0 saturated carbocycles. The van der Waals surface area contributed by atoms with Crippen molar-refractivity contribution in [2.45, 2.75) is 17.2 Å². The van der Waals surface area contributed by atoms with Crippen LogP contribution in [0, 0.1) is 0 Å². The molecule has 3 N–H and O–H groups in total. The molecular weight excluding hydrogens is 224 g/mol. The minimum Gasteiger partial charge on any atom is -0.382 e. The molecule has 1 aliphatic heterocycles. The largest absolute Gasteiger partial charge is 0.382 e.